The minimum absolute atomic E-state index is 0.145. The number of primary amides is 1. The van der Waals surface area contributed by atoms with Crippen LogP contribution in [0.15, 0.2) is 29.2 Å². The SMILES string of the molecule is NC(=O)c1ccc(S(=O)(=O)NCC2CCCNC2)cc1. The Morgan fingerprint density at radius 2 is 2.05 bits per heavy atom. The van der Waals surface area contributed by atoms with Gasteiger partial charge in [-0.25, -0.2) is 13.1 Å². The molecule has 6 nitrogen and oxygen atoms in total. The average molecular weight is 297 g/mol. The molecule has 1 fully saturated rings. The van der Waals surface area contributed by atoms with Gasteiger partial charge in [0.15, 0.2) is 0 Å². The molecular formula is C13H19N3O3S. The van der Waals surface area contributed by atoms with E-state index in [1.54, 1.807) is 0 Å². The number of nitrogens with two attached hydrogens (primary N) is 1. The van der Waals surface area contributed by atoms with Gasteiger partial charge in [0.1, 0.15) is 0 Å². The number of nitrogens with one attached hydrogen (secondary N) is 2. The summed E-state index contributed by atoms with van der Waals surface area (Å²) in [4.78, 5) is 11.1. The lowest BCUT2D eigenvalue weighted by Gasteiger charge is -2.22. The first kappa shape index (κ1) is 15.0. The van der Waals surface area contributed by atoms with E-state index >= 15 is 0 Å². The standard InChI is InChI=1S/C13H19N3O3S/c14-13(17)11-3-5-12(6-4-11)20(18,19)16-9-10-2-1-7-15-8-10/h3-6,10,15-16H,1-2,7-9H2,(H2,14,17). The molecule has 0 saturated carbocycles. The summed E-state index contributed by atoms with van der Waals surface area (Å²) in [5.74, 6) is -0.251. The molecule has 1 heterocycles. The molecule has 0 aromatic heterocycles. The monoisotopic (exact) mass is 297 g/mol. The predicted octanol–water partition coefficient (Wildman–Crippen LogP) is 0.0634. The van der Waals surface area contributed by atoms with Gasteiger partial charge in [0.25, 0.3) is 0 Å². The van der Waals surface area contributed by atoms with Crippen LogP contribution in [-0.4, -0.2) is 34.0 Å². The number of amides is 1. The van der Waals surface area contributed by atoms with Gasteiger partial charge in [-0.3, -0.25) is 4.79 Å². The van der Waals surface area contributed by atoms with Gasteiger partial charge in [0, 0.05) is 12.1 Å². The van der Waals surface area contributed by atoms with Crippen molar-refractivity contribution in [3.63, 3.8) is 0 Å². The smallest absolute Gasteiger partial charge is 0.248 e. The van der Waals surface area contributed by atoms with Crippen LogP contribution in [0.1, 0.15) is 23.2 Å². The molecule has 1 aliphatic heterocycles. The first-order valence-electron chi connectivity index (χ1n) is 6.59. The second kappa shape index (κ2) is 6.34. The first-order valence-corrected chi connectivity index (χ1v) is 8.07. The van der Waals surface area contributed by atoms with Crippen molar-refractivity contribution in [2.75, 3.05) is 19.6 Å². The molecular weight excluding hydrogens is 278 g/mol. The third-order valence-electron chi connectivity index (χ3n) is 3.41. The zero-order valence-electron chi connectivity index (χ0n) is 11.1. The van der Waals surface area contributed by atoms with Crippen LogP contribution < -0.4 is 15.8 Å². The molecule has 1 saturated heterocycles. The highest BCUT2D eigenvalue weighted by molar-refractivity contribution is 7.89. The van der Waals surface area contributed by atoms with E-state index in [0.717, 1.165) is 25.9 Å². The average Bonchev–Trinajstić information content (AvgIpc) is 2.46. The highest BCUT2D eigenvalue weighted by atomic mass is 32.2. The highest BCUT2D eigenvalue weighted by Crippen LogP contribution is 2.13. The highest BCUT2D eigenvalue weighted by Gasteiger charge is 2.18. The zero-order valence-corrected chi connectivity index (χ0v) is 11.9. The maximum atomic E-state index is 12.1. The van der Waals surface area contributed by atoms with Gasteiger partial charge in [-0.15, -0.1) is 0 Å². The quantitative estimate of drug-likeness (QED) is 0.715. The van der Waals surface area contributed by atoms with Crippen LogP contribution in [0.2, 0.25) is 0 Å². The Morgan fingerprint density at radius 1 is 1.35 bits per heavy atom. The van der Waals surface area contributed by atoms with Crippen molar-refractivity contribution in [2.45, 2.75) is 17.7 Å². The number of sulfonamides is 1. The van der Waals surface area contributed by atoms with Crippen molar-refractivity contribution in [2.24, 2.45) is 11.7 Å². The molecule has 2 rings (SSSR count). The molecule has 0 radical (unpaired) electrons. The van der Waals surface area contributed by atoms with E-state index in [1.807, 2.05) is 0 Å². The second-order valence-corrected chi connectivity index (χ2v) is 6.72. The lowest BCUT2D eigenvalue weighted by molar-refractivity contribution is 0.1000. The summed E-state index contributed by atoms with van der Waals surface area (Å²) in [5, 5.41) is 3.24. The number of hydrogen-bond acceptors (Lipinski definition) is 4. The van der Waals surface area contributed by atoms with Crippen molar-refractivity contribution in [1.82, 2.24) is 10.0 Å². The van der Waals surface area contributed by atoms with Gasteiger partial charge < -0.3 is 11.1 Å². The van der Waals surface area contributed by atoms with Crippen LogP contribution in [0.3, 0.4) is 0 Å². The maximum absolute atomic E-state index is 12.1. The van der Waals surface area contributed by atoms with Gasteiger partial charge in [0.2, 0.25) is 15.9 Å². The zero-order chi connectivity index (χ0) is 14.6. The molecule has 1 aromatic carbocycles. The third-order valence-corrected chi connectivity index (χ3v) is 4.85. The van der Waals surface area contributed by atoms with E-state index in [2.05, 4.69) is 10.0 Å². The van der Waals surface area contributed by atoms with Crippen LogP contribution in [0.4, 0.5) is 0 Å². The number of piperidine rings is 1. The third kappa shape index (κ3) is 3.78. The van der Waals surface area contributed by atoms with Crippen LogP contribution in [0.5, 0.6) is 0 Å². The molecule has 7 heteroatoms. The molecule has 1 amide bonds. The number of carbonyl (C=O) groups is 1. The maximum Gasteiger partial charge on any atom is 0.248 e. The molecule has 1 aliphatic rings. The summed E-state index contributed by atoms with van der Waals surface area (Å²) >= 11 is 0. The molecule has 0 aliphatic carbocycles. The van der Waals surface area contributed by atoms with Crippen LogP contribution in [-0.2, 0) is 10.0 Å². The molecule has 4 N–H and O–H groups in total. The van der Waals surface area contributed by atoms with Crippen LogP contribution in [0, 0.1) is 5.92 Å². The van der Waals surface area contributed by atoms with Gasteiger partial charge in [0.05, 0.1) is 4.90 Å². The minimum atomic E-state index is -3.53. The number of carbonyl (C=O) groups excluding carboxylic acids is 1. The molecule has 1 atom stereocenters. The second-order valence-electron chi connectivity index (χ2n) is 4.95. The Balaban J connectivity index is 2.00. The number of rotatable bonds is 5. The van der Waals surface area contributed by atoms with Crippen molar-refractivity contribution in [3.8, 4) is 0 Å². The molecule has 0 spiro atoms. The Hall–Kier alpha value is -1.44. The fourth-order valence-electron chi connectivity index (χ4n) is 2.21. The summed E-state index contributed by atoms with van der Waals surface area (Å²) in [6.45, 7) is 2.26. The summed E-state index contributed by atoms with van der Waals surface area (Å²) < 4.78 is 26.8. The number of benzene rings is 1. The molecule has 1 unspecified atom stereocenters. The van der Waals surface area contributed by atoms with Crippen LogP contribution >= 0.6 is 0 Å². The van der Waals surface area contributed by atoms with E-state index in [1.165, 1.54) is 24.3 Å². The van der Waals surface area contributed by atoms with Gasteiger partial charge >= 0.3 is 0 Å². The lowest BCUT2D eigenvalue weighted by Crippen LogP contribution is -2.38. The summed E-state index contributed by atoms with van der Waals surface area (Å²) in [7, 11) is -3.53. The largest absolute Gasteiger partial charge is 0.366 e. The summed E-state index contributed by atoms with van der Waals surface area (Å²) in [6, 6.07) is 5.61. The molecule has 1 aromatic rings. The molecule has 0 bridgehead atoms. The number of hydrogen-bond donors (Lipinski definition) is 3. The van der Waals surface area contributed by atoms with E-state index < -0.39 is 15.9 Å². The fraction of sp³-hybridized carbons (Fsp3) is 0.462. The van der Waals surface area contributed by atoms with Gasteiger partial charge in [-0.2, -0.15) is 0 Å². The Morgan fingerprint density at radius 3 is 2.60 bits per heavy atom. The van der Waals surface area contributed by atoms with Crippen LogP contribution in [0.25, 0.3) is 0 Å². The molecule has 20 heavy (non-hydrogen) atoms. The predicted molar refractivity (Wildman–Crippen MR) is 75.7 cm³/mol. The van der Waals surface area contributed by atoms with Gasteiger partial charge in [-0.05, 0) is 56.1 Å². The van der Waals surface area contributed by atoms with Gasteiger partial charge in [-0.1, -0.05) is 0 Å². The normalized spacial score (nSPS) is 19.7. The van der Waals surface area contributed by atoms with Crippen molar-refractivity contribution in [3.05, 3.63) is 29.8 Å². The van der Waals surface area contributed by atoms with E-state index in [0.29, 0.717) is 18.0 Å². The van der Waals surface area contributed by atoms with Crippen molar-refractivity contribution >= 4 is 15.9 Å². The fourth-order valence-corrected chi connectivity index (χ4v) is 3.32. The first-order chi connectivity index (χ1) is 9.49. The van der Waals surface area contributed by atoms with E-state index in [4.69, 9.17) is 5.73 Å². The molecule has 110 valence electrons. The van der Waals surface area contributed by atoms with E-state index in [9.17, 15) is 13.2 Å². The van der Waals surface area contributed by atoms with Crippen molar-refractivity contribution < 1.29 is 13.2 Å². The topological polar surface area (TPSA) is 101 Å². The minimum Gasteiger partial charge on any atom is -0.366 e. The Labute approximate surface area is 118 Å². The van der Waals surface area contributed by atoms with Crippen molar-refractivity contribution in [1.29, 1.82) is 0 Å². The summed E-state index contributed by atoms with van der Waals surface area (Å²) in [5.41, 5.74) is 5.41. The summed E-state index contributed by atoms with van der Waals surface area (Å²) in [6.07, 6.45) is 2.09. The lowest BCUT2D eigenvalue weighted by atomic mass is 10.0. The Kier molecular flexibility index (Phi) is 4.74. The van der Waals surface area contributed by atoms with E-state index in [-0.39, 0.29) is 4.90 Å². The Bertz CT molecular complexity index is 563.